The van der Waals surface area contributed by atoms with E-state index in [1.165, 1.54) is 0 Å². The van der Waals surface area contributed by atoms with E-state index >= 15 is 0 Å². The Balaban J connectivity index is 2.06. The number of likely N-dealkylation sites (N-methyl/N-ethyl adjacent to an activating group) is 1. The van der Waals surface area contributed by atoms with E-state index in [0.717, 1.165) is 39.4 Å². The Labute approximate surface area is 91.4 Å². The molecule has 1 heterocycles. The van der Waals surface area contributed by atoms with Gasteiger partial charge >= 0.3 is 0 Å². The highest BCUT2D eigenvalue weighted by Gasteiger charge is 2.13. The summed E-state index contributed by atoms with van der Waals surface area (Å²) in [7, 11) is 3.99. The lowest BCUT2D eigenvalue weighted by Crippen LogP contribution is -2.44. The summed E-state index contributed by atoms with van der Waals surface area (Å²) in [5.41, 5.74) is 0. The molecule has 1 aliphatic rings. The zero-order chi connectivity index (χ0) is 11.1. The lowest BCUT2D eigenvalue weighted by molar-refractivity contribution is -0.123. The average Bonchev–Trinajstić information content (AvgIpc) is 2.18. The van der Waals surface area contributed by atoms with Crippen LogP contribution in [0, 0.1) is 0 Å². The fraction of sp³-hybridized carbons (Fsp3) is 0.900. The van der Waals surface area contributed by atoms with Crippen molar-refractivity contribution in [2.24, 2.45) is 0 Å². The Kier molecular flexibility index (Phi) is 5.60. The summed E-state index contributed by atoms with van der Waals surface area (Å²) in [6, 6.07) is 0. The summed E-state index contributed by atoms with van der Waals surface area (Å²) in [6.45, 7) is 5.31. The van der Waals surface area contributed by atoms with Crippen molar-refractivity contribution in [3.05, 3.63) is 0 Å². The van der Waals surface area contributed by atoms with Gasteiger partial charge in [-0.05, 0) is 14.1 Å². The summed E-state index contributed by atoms with van der Waals surface area (Å²) < 4.78 is 5.21. The molecule has 0 aliphatic carbocycles. The van der Waals surface area contributed by atoms with Crippen LogP contribution in [0.15, 0.2) is 0 Å². The van der Waals surface area contributed by atoms with Gasteiger partial charge in [0.15, 0.2) is 0 Å². The molecule has 0 unspecified atom stereocenters. The van der Waals surface area contributed by atoms with Gasteiger partial charge in [-0.15, -0.1) is 0 Å². The predicted molar refractivity (Wildman–Crippen MR) is 58.8 cm³/mol. The normalized spacial score (nSPS) is 18.1. The first kappa shape index (κ1) is 12.4. The van der Waals surface area contributed by atoms with Crippen LogP contribution in [0.5, 0.6) is 0 Å². The number of carbonyl (C=O) groups excluding carboxylic acids is 1. The minimum atomic E-state index is 0.110. The average molecular weight is 215 g/mol. The van der Waals surface area contributed by atoms with Crippen molar-refractivity contribution in [3.8, 4) is 0 Å². The first-order chi connectivity index (χ1) is 7.18. The third-order valence-corrected chi connectivity index (χ3v) is 2.35. The van der Waals surface area contributed by atoms with Crippen LogP contribution >= 0.6 is 0 Å². The molecule has 1 saturated heterocycles. The highest BCUT2D eigenvalue weighted by atomic mass is 16.5. The van der Waals surface area contributed by atoms with Gasteiger partial charge in [0.25, 0.3) is 0 Å². The summed E-state index contributed by atoms with van der Waals surface area (Å²) in [4.78, 5) is 15.7. The van der Waals surface area contributed by atoms with E-state index < -0.39 is 0 Å². The van der Waals surface area contributed by atoms with Crippen molar-refractivity contribution in [2.45, 2.75) is 0 Å². The number of hydrogen-bond acceptors (Lipinski definition) is 4. The van der Waals surface area contributed by atoms with Crippen LogP contribution in [0.25, 0.3) is 0 Å². The number of ether oxygens (including phenoxy) is 1. The molecule has 0 aromatic carbocycles. The zero-order valence-electron chi connectivity index (χ0n) is 9.66. The number of carbonyl (C=O) groups is 1. The van der Waals surface area contributed by atoms with E-state index in [4.69, 9.17) is 4.74 Å². The molecular formula is C10H21N3O2. The van der Waals surface area contributed by atoms with Gasteiger partial charge in [-0.1, -0.05) is 0 Å². The Morgan fingerprint density at radius 2 is 2.07 bits per heavy atom. The molecule has 0 spiro atoms. The molecule has 1 aliphatic heterocycles. The summed E-state index contributed by atoms with van der Waals surface area (Å²) in [6.07, 6.45) is 0. The van der Waals surface area contributed by atoms with Crippen LogP contribution in [0.4, 0.5) is 0 Å². The van der Waals surface area contributed by atoms with Crippen molar-refractivity contribution < 1.29 is 9.53 Å². The van der Waals surface area contributed by atoms with Gasteiger partial charge in [0.05, 0.1) is 19.8 Å². The van der Waals surface area contributed by atoms with Crippen molar-refractivity contribution in [1.29, 1.82) is 0 Å². The van der Waals surface area contributed by atoms with Gasteiger partial charge < -0.3 is 15.0 Å². The summed E-state index contributed by atoms with van der Waals surface area (Å²) in [5, 5.41) is 2.90. The second-order valence-corrected chi connectivity index (χ2v) is 4.04. The number of nitrogens with one attached hydrogen (secondary N) is 1. The van der Waals surface area contributed by atoms with Crippen molar-refractivity contribution in [2.75, 3.05) is 60.0 Å². The fourth-order valence-electron chi connectivity index (χ4n) is 1.44. The van der Waals surface area contributed by atoms with Crippen molar-refractivity contribution in [3.63, 3.8) is 0 Å². The lowest BCUT2D eigenvalue weighted by atomic mass is 10.4. The zero-order valence-corrected chi connectivity index (χ0v) is 9.66. The molecule has 0 aromatic heterocycles. The smallest absolute Gasteiger partial charge is 0.234 e. The van der Waals surface area contributed by atoms with Crippen LogP contribution in [-0.2, 0) is 9.53 Å². The molecule has 5 heteroatoms. The quantitative estimate of drug-likeness (QED) is 0.639. The maximum Gasteiger partial charge on any atom is 0.234 e. The van der Waals surface area contributed by atoms with E-state index in [-0.39, 0.29) is 5.91 Å². The van der Waals surface area contributed by atoms with Gasteiger partial charge in [0.1, 0.15) is 0 Å². The Bertz CT molecular complexity index is 191. The fourth-order valence-corrected chi connectivity index (χ4v) is 1.44. The lowest BCUT2D eigenvalue weighted by Gasteiger charge is -2.25. The number of nitrogens with zero attached hydrogens (tertiary/aromatic N) is 2. The van der Waals surface area contributed by atoms with Gasteiger partial charge in [-0.2, -0.15) is 0 Å². The van der Waals surface area contributed by atoms with Crippen LogP contribution in [0.1, 0.15) is 0 Å². The Morgan fingerprint density at radius 1 is 1.40 bits per heavy atom. The molecule has 0 saturated carbocycles. The number of morpholine rings is 1. The van der Waals surface area contributed by atoms with Gasteiger partial charge in [0, 0.05) is 26.2 Å². The highest BCUT2D eigenvalue weighted by Crippen LogP contribution is 1.95. The Hall–Kier alpha value is -0.650. The molecule has 0 aromatic rings. The van der Waals surface area contributed by atoms with Crippen LogP contribution in [-0.4, -0.2) is 75.7 Å². The monoisotopic (exact) mass is 215 g/mol. The highest BCUT2D eigenvalue weighted by molar-refractivity contribution is 5.77. The van der Waals surface area contributed by atoms with E-state index in [0.29, 0.717) is 6.54 Å². The molecule has 1 rings (SSSR count). The van der Waals surface area contributed by atoms with E-state index in [9.17, 15) is 4.79 Å². The topological polar surface area (TPSA) is 44.8 Å². The number of amides is 1. The first-order valence-corrected chi connectivity index (χ1v) is 5.40. The molecule has 0 bridgehead atoms. The van der Waals surface area contributed by atoms with Crippen molar-refractivity contribution >= 4 is 5.91 Å². The van der Waals surface area contributed by atoms with Crippen molar-refractivity contribution in [1.82, 2.24) is 15.1 Å². The van der Waals surface area contributed by atoms with Gasteiger partial charge in [-0.3, -0.25) is 9.69 Å². The molecule has 88 valence electrons. The third kappa shape index (κ3) is 5.71. The van der Waals surface area contributed by atoms with E-state index in [2.05, 4.69) is 15.1 Å². The standard InChI is InChI=1S/C10H21N3O2/c1-12(2)4-3-11-10(14)9-13-5-7-15-8-6-13/h3-9H2,1-2H3,(H,11,14). The largest absolute Gasteiger partial charge is 0.379 e. The van der Waals surface area contributed by atoms with E-state index in [1.54, 1.807) is 0 Å². The minimum absolute atomic E-state index is 0.110. The predicted octanol–water partition coefficient (Wildman–Crippen LogP) is -1.00. The molecule has 15 heavy (non-hydrogen) atoms. The molecule has 5 nitrogen and oxygen atoms in total. The van der Waals surface area contributed by atoms with Crippen LogP contribution in [0.3, 0.4) is 0 Å². The maximum atomic E-state index is 11.5. The summed E-state index contributed by atoms with van der Waals surface area (Å²) in [5.74, 6) is 0.110. The molecular weight excluding hydrogens is 194 g/mol. The second-order valence-electron chi connectivity index (χ2n) is 4.04. The number of hydrogen-bond donors (Lipinski definition) is 1. The maximum absolute atomic E-state index is 11.5. The third-order valence-electron chi connectivity index (χ3n) is 2.35. The molecule has 0 atom stereocenters. The minimum Gasteiger partial charge on any atom is -0.379 e. The Morgan fingerprint density at radius 3 is 2.67 bits per heavy atom. The first-order valence-electron chi connectivity index (χ1n) is 5.40. The number of rotatable bonds is 5. The summed E-state index contributed by atoms with van der Waals surface area (Å²) >= 11 is 0. The van der Waals surface area contributed by atoms with Gasteiger partial charge in [-0.25, -0.2) is 0 Å². The van der Waals surface area contributed by atoms with Gasteiger partial charge in [0.2, 0.25) is 5.91 Å². The molecule has 1 fully saturated rings. The SMILES string of the molecule is CN(C)CCNC(=O)CN1CCOCC1. The second kappa shape index (κ2) is 6.76. The van der Waals surface area contributed by atoms with Crippen LogP contribution in [0.2, 0.25) is 0 Å². The van der Waals surface area contributed by atoms with E-state index in [1.807, 2.05) is 14.1 Å². The molecule has 1 N–H and O–H groups in total. The van der Waals surface area contributed by atoms with Crippen LogP contribution < -0.4 is 5.32 Å². The molecule has 1 amide bonds. The molecule has 0 radical (unpaired) electrons.